The van der Waals surface area contributed by atoms with E-state index in [1.807, 2.05) is 27.7 Å². The molecule has 0 aliphatic rings. The van der Waals surface area contributed by atoms with E-state index in [4.69, 9.17) is 4.74 Å². The fraction of sp³-hybridized carbons (Fsp3) is 0.727. The Kier molecular flexibility index (Phi) is 4.34. The third-order valence-electron chi connectivity index (χ3n) is 1.79. The van der Waals surface area contributed by atoms with Gasteiger partial charge in [0.15, 0.2) is 5.78 Å². The van der Waals surface area contributed by atoms with Gasteiger partial charge in [0.1, 0.15) is 6.10 Å². The molecule has 0 amide bonds. The van der Waals surface area contributed by atoms with Gasteiger partial charge in [-0.2, -0.15) is 0 Å². The summed E-state index contributed by atoms with van der Waals surface area (Å²) in [5.74, 6) is 0.113. The molecule has 76 valence electrons. The van der Waals surface area contributed by atoms with Crippen LogP contribution in [0, 0.1) is 5.41 Å². The second-order valence-corrected chi connectivity index (χ2v) is 4.58. The highest BCUT2D eigenvalue weighted by molar-refractivity contribution is 5.85. The smallest absolute Gasteiger partial charge is 0.166 e. The quantitative estimate of drug-likeness (QED) is 0.628. The lowest BCUT2D eigenvalue weighted by Crippen LogP contribution is -2.36. The number of hydrogen-bond acceptors (Lipinski definition) is 2. The van der Waals surface area contributed by atoms with E-state index in [-0.39, 0.29) is 17.3 Å². The van der Waals surface area contributed by atoms with Gasteiger partial charge in [-0.25, -0.2) is 0 Å². The second kappa shape index (κ2) is 4.56. The van der Waals surface area contributed by atoms with E-state index in [2.05, 4.69) is 6.58 Å². The lowest BCUT2D eigenvalue weighted by molar-refractivity contribution is -0.134. The van der Waals surface area contributed by atoms with Gasteiger partial charge in [0.2, 0.25) is 0 Å². The number of carbonyl (C=O) groups excluding carboxylic acids is 1. The second-order valence-electron chi connectivity index (χ2n) is 4.58. The van der Waals surface area contributed by atoms with Crippen LogP contribution in [0.25, 0.3) is 0 Å². The van der Waals surface area contributed by atoms with Crippen molar-refractivity contribution in [2.24, 2.45) is 5.41 Å². The van der Waals surface area contributed by atoms with Crippen LogP contribution in [0.5, 0.6) is 0 Å². The first-order valence-corrected chi connectivity index (χ1v) is 4.49. The molecule has 0 saturated heterocycles. The van der Waals surface area contributed by atoms with Gasteiger partial charge in [-0.15, -0.1) is 0 Å². The third-order valence-corrected chi connectivity index (χ3v) is 1.79. The topological polar surface area (TPSA) is 26.3 Å². The van der Waals surface area contributed by atoms with E-state index in [9.17, 15) is 4.79 Å². The van der Waals surface area contributed by atoms with Gasteiger partial charge in [0.05, 0.1) is 0 Å². The van der Waals surface area contributed by atoms with Gasteiger partial charge in [-0.05, 0) is 12.3 Å². The third kappa shape index (κ3) is 4.23. The van der Waals surface area contributed by atoms with Crippen LogP contribution in [0.15, 0.2) is 12.2 Å². The summed E-state index contributed by atoms with van der Waals surface area (Å²) in [5, 5.41) is 0. The predicted octanol–water partition coefficient (Wildman–Crippen LogP) is 2.58. The molecule has 13 heavy (non-hydrogen) atoms. The molecule has 0 heterocycles. The average Bonchev–Trinajstić information content (AvgIpc) is 1.82. The standard InChI is InChI=1S/C11H20O2/c1-8(2)7-9(12)10(13-6)11(3,4)5/h10H,1,7H2,2-6H3. The van der Waals surface area contributed by atoms with Gasteiger partial charge >= 0.3 is 0 Å². The van der Waals surface area contributed by atoms with Gasteiger partial charge in [0.25, 0.3) is 0 Å². The number of hydrogen-bond donors (Lipinski definition) is 0. The maximum Gasteiger partial charge on any atom is 0.166 e. The Balaban J connectivity index is 4.42. The normalized spacial score (nSPS) is 13.9. The summed E-state index contributed by atoms with van der Waals surface area (Å²) in [5.41, 5.74) is 0.748. The maximum absolute atomic E-state index is 11.6. The van der Waals surface area contributed by atoms with Gasteiger partial charge in [-0.3, -0.25) is 4.79 Å². The van der Waals surface area contributed by atoms with Crippen molar-refractivity contribution in [3.8, 4) is 0 Å². The molecule has 0 aromatic rings. The fourth-order valence-corrected chi connectivity index (χ4v) is 1.36. The van der Waals surface area contributed by atoms with Crippen molar-refractivity contribution in [1.82, 2.24) is 0 Å². The zero-order valence-corrected chi connectivity index (χ0v) is 9.31. The molecule has 2 nitrogen and oxygen atoms in total. The van der Waals surface area contributed by atoms with Crippen molar-refractivity contribution in [3.05, 3.63) is 12.2 Å². The highest BCUT2D eigenvalue weighted by atomic mass is 16.5. The first-order valence-electron chi connectivity index (χ1n) is 4.49. The molecule has 0 aliphatic heterocycles. The number of methoxy groups -OCH3 is 1. The Hall–Kier alpha value is -0.630. The van der Waals surface area contributed by atoms with Crippen LogP contribution in [-0.4, -0.2) is 19.0 Å². The SMILES string of the molecule is C=C(C)CC(=O)C(OC)C(C)(C)C. The van der Waals surface area contributed by atoms with E-state index in [1.54, 1.807) is 7.11 Å². The molecule has 0 N–H and O–H groups in total. The Morgan fingerprint density at radius 1 is 1.46 bits per heavy atom. The lowest BCUT2D eigenvalue weighted by Gasteiger charge is -2.28. The number of carbonyl (C=O) groups is 1. The minimum Gasteiger partial charge on any atom is -0.373 e. The largest absolute Gasteiger partial charge is 0.373 e. The van der Waals surface area contributed by atoms with Gasteiger partial charge in [-0.1, -0.05) is 32.9 Å². The molecule has 0 saturated carbocycles. The summed E-state index contributed by atoms with van der Waals surface area (Å²) in [7, 11) is 1.58. The minimum atomic E-state index is -0.329. The van der Waals surface area contributed by atoms with Crippen molar-refractivity contribution in [2.75, 3.05) is 7.11 Å². The molecule has 0 aromatic heterocycles. The number of Topliss-reactive ketones (excluding diaryl/α,β-unsaturated/α-hetero) is 1. The predicted molar refractivity (Wildman–Crippen MR) is 54.7 cm³/mol. The summed E-state index contributed by atoms with van der Waals surface area (Å²) >= 11 is 0. The Morgan fingerprint density at radius 3 is 2.15 bits per heavy atom. The first kappa shape index (κ1) is 12.4. The van der Waals surface area contributed by atoms with Gasteiger partial charge in [0, 0.05) is 13.5 Å². The Labute approximate surface area is 81.0 Å². The monoisotopic (exact) mass is 184 g/mol. The zero-order valence-electron chi connectivity index (χ0n) is 9.31. The molecule has 0 rings (SSSR count). The zero-order chi connectivity index (χ0) is 10.6. The number of ether oxygens (including phenoxy) is 1. The summed E-state index contributed by atoms with van der Waals surface area (Å²) < 4.78 is 5.19. The molecule has 1 unspecified atom stereocenters. The Morgan fingerprint density at radius 2 is 1.92 bits per heavy atom. The van der Waals surface area contributed by atoms with Crippen molar-refractivity contribution in [3.63, 3.8) is 0 Å². The highest BCUT2D eigenvalue weighted by Gasteiger charge is 2.30. The van der Waals surface area contributed by atoms with Crippen molar-refractivity contribution >= 4 is 5.78 Å². The number of ketones is 1. The van der Waals surface area contributed by atoms with Gasteiger partial charge < -0.3 is 4.74 Å². The first-order chi connectivity index (χ1) is 5.79. The van der Waals surface area contributed by atoms with E-state index < -0.39 is 0 Å². The van der Waals surface area contributed by atoms with Crippen molar-refractivity contribution in [2.45, 2.75) is 40.2 Å². The van der Waals surface area contributed by atoms with Crippen LogP contribution in [0.4, 0.5) is 0 Å². The maximum atomic E-state index is 11.6. The number of rotatable bonds is 4. The van der Waals surface area contributed by atoms with Crippen LogP contribution in [-0.2, 0) is 9.53 Å². The highest BCUT2D eigenvalue weighted by Crippen LogP contribution is 2.24. The molecule has 0 aromatic carbocycles. The lowest BCUT2D eigenvalue weighted by atomic mass is 9.85. The van der Waals surface area contributed by atoms with Crippen LogP contribution in [0.2, 0.25) is 0 Å². The molecule has 0 radical (unpaired) electrons. The molecule has 0 aliphatic carbocycles. The molecular weight excluding hydrogens is 164 g/mol. The van der Waals surface area contributed by atoms with Crippen LogP contribution >= 0.6 is 0 Å². The van der Waals surface area contributed by atoms with E-state index in [0.29, 0.717) is 6.42 Å². The van der Waals surface area contributed by atoms with E-state index in [1.165, 1.54) is 0 Å². The molecule has 0 spiro atoms. The molecule has 0 fully saturated rings. The molecule has 1 atom stereocenters. The van der Waals surface area contributed by atoms with E-state index in [0.717, 1.165) is 5.57 Å². The summed E-state index contributed by atoms with van der Waals surface area (Å²) in [6, 6.07) is 0. The van der Waals surface area contributed by atoms with Crippen molar-refractivity contribution in [1.29, 1.82) is 0 Å². The summed E-state index contributed by atoms with van der Waals surface area (Å²) in [4.78, 5) is 11.6. The van der Waals surface area contributed by atoms with Crippen molar-refractivity contribution < 1.29 is 9.53 Å². The molecule has 0 bridgehead atoms. The summed E-state index contributed by atoms with van der Waals surface area (Å²) in [6.07, 6.45) is 0.0830. The summed E-state index contributed by atoms with van der Waals surface area (Å²) in [6.45, 7) is 11.6. The van der Waals surface area contributed by atoms with Crippen LogP contribution in [0.1, 0.15) is 34.1 Å². The van der Waals surface area contributed by atoms with E-state index >= 15 is 0 Å². The van der Waals surface area contributed by atoms with Crippen LogP contribution < -0.4 is 0 Å². The number of allylic oxidation sites excluding steroid dienone is 1. The van der Waals surface area contributed by atoms with Crippen LogP contribution in [0.3, 0.4) is 0 Å². The molecular formula is C11H20O2. The minimum absolute atomic E-state index is 0.113. The molecule has 2 heteroatoms. The Bertz CT molecular complexity index is 199. The average molecular weight is 184 g/mol. The fourth-order valence-electron chi connectivity index (χ4n) is 1.36.